The predicted octanol–water partition coefficient (Wildman–Crippen LogP) is 0.487. The summed E-state index contributed by atoms with van der Waals surface area (Å²) < 4.78 is 10.0. The minimum atomic E-state index is -0.839. The van der Waals surface area contributed by atoms with Gasteiger partial charge in [0.2, 0.25) is 0 Å². The first kappa shape index (κ1) is 12.8. The second kappa shape index (κ2) is 9.92. The average Bonchev–Trinajstić information content (AvgIpc) is 2.09. The van der Waals surface area contributed by atoms with Crippen LogP contribution in [0.15, 0.2) is 0 Å². The Hall–Kier alpha value is -0.160. The summed E-state index contributed by atoms with van der Waals surface area (Å²) in [7, 11) is 1.71. The van der Waals surface area contributed by atoms with Gasteiger partial charge in [0.05, 0.1) is 6.61 Å². The third-order valence-corrected chi connectivity index (χ3v) is 1.68. The molecule has 3 N–H and O–H groups in total. The van der Waals surface area contributed by atoms with Crippen molar-refractivity contribution < 1.29 is 14.6 Å². The largest absolute Gasteiger partial charge is 0.385 e. The Morgan fingerprint density at radius 1 is 1.15 bits per heavy atom. The molecule has 0 saturated heterocycles. The number of aliphatic hydroxyl groups excluding tert-OH is 1. The molecule has 0 bridgehead atoms. The van der Waals surface area contributed by atoms with Crippen LogP contribution in [0, 0.1) is 0 Å². The molecule has 0 aliphatic carbocycles. The van der Waals surface area contributed by atoms with Gasteiger partial charge in [-0.05, 0) is 12.8 Å². The number of aliphatic hydroxyl groups is 1. The van der Waals surface area contributed by atoms with Crippen molar-refractivity contribution in [1.29, 1.82) is 0 Å². The maximum Gasteiger partial charge on any atom is 0.126 e. The van der Waals surface area contributed by atoms with Crippen molar-refractivity contribution in [3.05, 3.63) is 0 Å². The Balaban J connectivity index is 2.84. The van der Waals surface area contributed by atoms with Gasteiger partial charge in [-0.3, -0.25) is 0 Å². The lowest BCUT2D eigenvalue weighted by Gasteiger charge is -2.05. The molecular weight excluding hydrogens is 170 g/mol. The number of hydrogen-bond donors (Lipinski definition) is 2. The standard InChI is InChI=1S/C9H21NO3/c1-12-6-4-2-3-5-7-13-8-9(10)11/h9,11H,2-8,10H2,1H3/t9-/m1/s1. The molecule has 0 radical (unpaired) electrons. The number of ether oxygens (including phenoxy) is 2. The third kappa shape index (κ3) is 11.8. The van der Waals surface area contributed by atoms with Crippen LogP contribution in [0.5, 0.6) is 0 Å². The Morgan fingerprint density at radius 3 is 2.31 bits per heavy atom. The summed E-state index contributed by atoms with van der Waals surface area (Å²) in [5.74, 6) is 0. The molecule has 0 aliphatic rings. The fourth-order valence-electron chi connectivity index (χ4n) is 1.01. The van der Waals surface area contributed by atoms with Gasteiger partial charge in [0.25, 0.3) is 0 Å². The zero-order valence-electron chi connectivity index (χ0n) is 8.37. The van der Waals surface area contributed by atoms with Gasteiger partial charge >= 0.3 is 0 Å². The first-order valence-corrected chi connectivity index (χ1v) is 4.77. The van der Waals surface area contributed by atoms with Crippen molar-refractivity contribution in [2.24, 2.45) is 5.73 Å². The molecule has 80 valence electrons. The van der Waals surface area contributed by atoms with Crippen LogP contribution in [0.1, 0.15) is 25.7 Å². The van der Waals surface area contributed by atoms with Crippen LogP contribution < -0.4 is 5.73 Å². The van der Waals surface area contributed by atoms with Gasteiger partial charge in [-0.15, -0.1) is 0 Å². The van der Waals surface area contributed by atoms with Crippen LogP contribution >= 0.6 is 0 Å². The Morgan fingerprint density at radius 2 is 1.77 bits per heavy atom. The van der Waals surface area contributed by atoms with E-state index in [-0.39, 0.29) is 6.61 Å². The molecule has 0 saturated carbocycles. The van der Waals surface area contributed by atoms with E-state index in [1.165, 1.54) is 6.42 Å². The Kier molecular flexibility index (Phi) is 9.80. The molecule has 13 heavy (non-hydrogen) atoms. The van der Waals surface area contributed by atoms with Gasteiger partial charge in [0.1, 0.15) is 6.23 Å². The van der Waals surface area contributed by atoms with Gasteiger partial charge in [0, 0.05) is 20.3 Å². The third-order valence-electron chi connectivity index (χ3n) is 1.68. The van der Waals surface area contributed by atoms with Crippen molar-refractivity contribution in [1.82, 2.24) is 0 Å². The van der Waals surface area contributed by atoms with Crippen LogP contribution in [0.4, 0.5) is 0 Å². The van der Waals surface area contributed by atoms with Crippen LogP contribution in [0.25, 0.3) is 0 Å². The maximum absolute atomic E-state index is 8.66. The Bertz CT molecular complexity index is 98.9. The summed E-state index contributed by atoms with van der Waals surface area (Å²) in [6.07, 6.45) is 3.60. The molecule has 0 aliphatic heterocycles. The highest BCUT2D eigenvalue weighted by molar-refractivity contribution is 4.43. The van der Waals surface area contributed by atoms with E-state index in [4.69, 9.17) is 20.3 Å². The molecule has 0 fully saturated rings. The smallest absolute Gasteiger partial charge is 0.126 e. The normalized spacial score (nSPS) is 13.2. The highest BCUT2D eigenvalue weighted by Gasteiger charge is 1.95. The summed E-state index contributed by atoms with van der Waals surface area (Å²) in [6, 6.07) is 0. The first-order valence-electron chi connectivity index (χ1n) is 4.77. The second-order valence-corrected chi connectivity index (χ2v) is 3.05. The van der Waals surface area contributed by atoms with Crippen molar-refractivity contribution >= 4 is 0 Å². The van der Waals surface area contributed by atoms with Gasteiger partial charge in [-0.2, -0.15) is 0 Å². The minimum absolute atomic E-state index is 0.234. The highest BCUT2D eigenvalue weighted by Crippen LogP contribution is 1.99. The number of hydrogen-bond acceptors (Lipinski definition) is 4. The van der Waals surface area contributed by atoms with E-state index in [1.54, 1.807) is 7.11 Å². The van der Waals surface area contributed by atoms with Gasteiger partial charge in [-0.1, -0.05) is 12.8 Å². The van der Waals surface area contributed by atoms with Gasteiger partial charge < -0.3 is 20.3 Å². The van der Waals surface area contributed by atoms with Crippen LogP contribution in [-0.4, -0.2) is 38.3 Å². The zero-order chi connectivity index (χ0) is 9.94. The van der Waals surface area contributed by atoms with E-state index in [1.807, 2.05) is 0 Å². The van der Waals surface area contributed by atoms with E-state index < -0.39 is 6.23 Å². The zero-order valence-corrected chi connectivity index (χ0v) is 8.37. The Labute approximate surface area is 80.0 Å². The van der Waals surface area contributed by atoms with Gasteiger partial charge in [0.15, 0.2) is 0 Å². The van der Waals surface area contributed by atoms with Crippen LogP contribution in [0.2, 0.25) is 0 Å². The van der Waals surface area contributed by atoms with Crippen LogP contribution in [-0.2, 0) is 9.47 Å². The SMILES string of the molecule is COCCCCCCOC[C@H](N)O. The van der Waals surface area contributed by atoms with E-state index in [0.29, 0.717) is 6.61 Å². The lowest BCUT2D eigenvalue weighted by Crippen LogP contribution is -2.25. The van der Waals surface area contributed by atoms with E-state index in [0.717, 1.165) is 25.9 Å². The summed E-state index contributed by atoms with van der Waals surface area (Å²) in [4.78, 5) is 0. The summed E-state index contributed by atoms with van der Waals surface area (Å²) in [5.41, 5.74) is 5.09. The topological polar surface area (TPSA) is 64.7 Å². The molecule has 0 aromatic rings. The lowest BCUT2D eigenvalue weighted by molar-refractivity contribution is 0.0384. The molecule has 4 nitrogen and oxygen atoms in total. The molecule has 0 unspecified atom stereocenters. The van der Waals surface area contributed by atoms with Gasteiger partial charge in [-0.25, -0.2) is 0 Å². The van der Waals surface area contributed by atoms with Crippen molar-refractivity contribution in [2.45, 2.75) is 31.9 Å². The first-order chi connectivity index (χ1) is 6.27. The maximum atomic E-state index is 8.66. The summed E-state index contributed by atoms with van der Waals surface area (Å²) >= 11 is 0. The fraction of sp³-hybridized carbons (Fsp3) is 1.00. The molecule has 0 spiro atoms. The van der Waals surface area contributed by atoms with E-state index >= 15 is 0 Å². The minimum Gasteiger partial charge on any atom is -0.385 e. The van der Waals surface area contributed by atoms with E-state index in [9.17, 15) is 0 Å². The lowest BCUT2D eigenvalue weighted by atomic mass is 10.2. The fourth-order valence-corrected chi connectivity index (χ4v) is 1.01. The molecule has 0 aromatic heterocycles. The summed E-state index contributed by atoms with van der Waals surface area (Å²) in [6.45, 7) is 1.75. The molecule has 0 heterocycles. The predicted molar refractivity (Wildman–Crippen MR) is 51.4 cm³/mol. The molecule has 0 amide bonds. The van der Waals surface area contributed by atoms with E-state index in [2.05, 4.69) is 0 Å². The quantitative estimate of drug-likeness (QED) is 0.411. The average molecular weight is 191 g/mol. The second-order valence-electron chi connectivity index (χ2n) is 3.05. The number of rotatable bonds is 9. The summed E-state index contributed by atoms with van der Waals surface area (Å²) in [5, 5.41) is 8.66. The van der Waals surface area contributed by atoms with Crippen LogP contribution in [0.3, 0.4) is 0 Å². The number of unbranched alkanes of at least 4 members (excludes halogenated alkanes) is 3. The molecule has 0 aromatic carbocycles. The van der Waals surface area contributed by atoms with Crippen molar-refractivity contribution in [3.63, 3.8) is 0 Å². The molecule has 4 heteroatoms. The molecule has 0 rings (SSSR count). The monoisotopic (exact) mass is 191 g/mol. The highest BCUT2D eigenvalue weighted by atomic mass is 16.5. The van der Waals surface area contributed by atoms with Crippen molar-refractivity contribution in [2.75, 3.05) is 26.9 Å². The molecular formula is C9H21NO3. The molecule has 1 atom stereocenters. The number of methoxy groups -OCH3 is 1. The van der Waals surface area contributed by atoms with Crippen molar-refractivity contribution in [3.8, 4) is 0 Å². The number of nitrogens with two attached hydrogens (primary N) is 1.